The number of pyridine rings is 1. The summed E-state index contributed by atoms with van der Waals surface area (Å²) in [5.41, 5.74) is 2.83. The van der Waals surface area contributed by atoms with E-state index in [0.717, 1.165) is 35.7 Å². The lowest BCUT2D eigenvalue weighted by Crippen LogP contribution is -2.36. The molecule has 1 saturated carbocycles. The predicted octanol–water partition coefficient (Wildman–Crippen LogP) is 4.96. The lowest BCUT2D eigenvalue weighted by Gasteiger charge is -2.16. The van der Waals surface area contributed by atoms with E-state index in [4.69, 9.17) is 0 Å². The van der Waals surface area contributed by atoms with Crippen molar-refractivity contribution in [1.82, 2.24) is 10.3 Å². The normalized spacial score (nSPS) is 18.2. The molecular formula is C24H26N4O2. The Morgan fingerprint density at radius 3 is 2.53 bits per heavy atom. The Morgan fingerprint density at radius 2 is 1.77 bits per heavy atom. The number of carbonyl (C=O) groups is 2. The molecule has 3 amide bonds. The summed E-state index contributed by atoms with van der Waals surface area (Å²) in [6.07, 6.45) is 3.00. The number of urea groups is 1. The molecule has 1 aromatic heterocycles. The van der Waals surface area contributed by atoms with Crippen molar-refractivity contribution in [1.29, 1.82) is 0 Å². The summed E-state index contributed by atoms with van der Waals surface area (Å²) in [5.74, 6) is 0.783. The number of benzene rings is 2. The van der Waals surface area contributed by atoms with Crippen molar-refractivity contribution in [2.24, 2.45) is 0 Å². The fraction of sp³-hybridized carbons (Fsp3) is 0.292. The van der Waals surface area contributed by atoms with Gasteiger partial charge in [-0.25, -0.2) is 9.78 Å². The minimum atomic E-state index is -0.211. The summed E-state index contributed by atoms with van der Waals surface area (Å²) < 4.78 is 0. The van der Waals surface area contributed by atoms with Crippen LogP contribution in [-0.4, -0.2) is 23.0 Å². The predicted molar refractivity (Wildman–Crippen MR) is 120 cm³/mol. The summed E-state index contributed by atoms with van der Waals surface area (Å²) in [4.78, 5) is 28.5. The molecule has 4 rings (SSSR count). The molecule has 3 aromatic rings. The van der Waals surface area contributed by atoms with Crippen LogP contribution >= 0.6 is 0 Å². The average molecular weight is 402 g/mol. The first-order chi connectivity index (χ1) is 14.5. The lowest BCUT2D eigenvalue weighted by atomic mass is 9.98. The number of amides is 3. The van der Waals surface area contributed by atoms with Crippen molar-refractivity contribution in [3.63, 3.8) is 0 Å². The van der Waals surface area contributed by atoms with E-state index in [1.165, 1.54) is 12.5 Å². The van der Waals surface area contributed by atoms with Gasteiger partial charge in [0.1, 0.15) is 5.82 Å². The van der Waals surface area contributed by atoms with E-state index in [9.17, 15) is 9.59 Å². The minimum Gasteiger partial charge on any atom is -0.335 e. The smallest absolute Gasteiger partial charge is 0.319 e. The maximum Gasteiger partial charge on any atom is 0.319 e. The van der Waals surface area contributed by atoms with Crippen LogP contribution < -0.4 is 16.0 Å². The number of carbonyl (C=O) groups excluding carboxylic acids is 2. The summed E-state index contributed by atoms with van der Waals surface area (Å²) in [7, 11) is 0. The van der Waals surface area contributed by atoms with Crippen molar-refractivity contribution in [3.8, 4) is 0 Å². The molecule has 0 aliphatic heterocycles. The number of aromatic nitrogens is 1. The molecule has 0 saturated heterocycles. The fourth-order valence-electron chi connectivity index (χ4n) is 4.28. The van der Waals surface area contributed by atoms with Crippen LogP contribution in [-0.2, 0) is 4.79 Å². The van der Waals surface area contributed by atoms with Crippen molar-refractivity contribution in [3.05, 3.63) is 65.9 Å². The third-order valence-corrected chi connectivity index (χ3v) is 5.66. The first-order valence-corrected chi connectivity index (χ1v) is 10.3. The molecule has 1 aliphatic rings. The highest BCUT2D eigenvalue weighted by Crippen LogP contribution is 2.34. The average Bonchev–Trinajstić information content (AvgIpc) is 3.17. The number of aryl methyl sites for hydroxylation is 1. The number of hydrogen-bond acceptors (Lipinski definition) is 3. The molecule has 154 valence electrons. The van der Waals surface area contributed by atoms with Gasteiger partial charge in [0.2, 0.25) is 5.91 Å². The molecule has 0 unspecified atom stereocenters. The molecule has 30 heavy (non-hydrogen) atoms. The molecule has 0 spiro atoms. The number of anilines is 2. The SMILES string of the molecule is CC(=O)Nc1cc2c(NC(=O)N[C@@H]3CC[C@H](c4ccccc4)C3)cccc2c(C)n1. The summed E-state index contributed by atoms with van der Waals surface area (Å²) in [5, 5.41) is 10.6. The summed E-state index contributed by atoms with van der Waals surface area (Å²) in [6.45, 7) is 3.34. The zero-order chi connectivity index (χ0) is 21.1. The van der Waals surface area contributed by atoms with Crippen LogP contribution in [0.25, 0.3) is 10.8 Å². The molecule has 1 aliphatic carbocycles. The largest absolute Gasteiger partial charge is 0.335 e. The summed E-state index contributed by atoms with van der Waals surface area (Å²) in [6, 6.07) is 17.9. The number of fused-ring (bicyclic) bond motifs is 1. The highest BCUT2D eigenvalue weighted by molar-refractivity contribution is 6.04. The Labute approximate surface area is 176 Å². The number of nitrogens with zero attached hydrogens (tertiary/aromatic N) is 1. The van der Waals surface area contributed by atoms with Crippen molar-refractivity contribution in [2.75, 3.05) is 10.6 Å². The van der Waals surface area contributed by atoms with Crippen molar-refractivity contribution in [2.45, 2.75) is 45.1 Å². The van der Waals surface area contributed by atoms with Crippen LogP contribution in [0, 0.1) is 6.92 Å². The Morgan fingerprint density at radius 1 is 0.967 bits per heavy atom. The molecule has 1 heterocycles. The van der Waals surface area contributed by atoms with Gasteiger partial charge in [-0.1, -0.05) is 42.5 Å². The van der Waals surface area contributed by atoms with Gasteiger partial charge in [-0.15, -0.1) is 0 Å². The molecule has 6 heteroatoms. The van der Waals surface area contributed by atoms with Gasteiger partial charge < -0.3 is 16.0 Å². The van der Waals surface area contributed by atoms with E-state index in [1.807, 2.05) is 31.2 Å². The van der Waals surface area contributed by atoms with Crippen LogP contribution in [0.3, 0.4) is 0 Å². The van der Waals surface area contributed by atoms with E-state index < -0.39 is 0 Å². The Bertz CT molecular complexity index is 1080. The Balaban J connectivity index is 1.47. The van der Waals surface area contributed by atoms with Gasteiger partial charge in [-0.2, -0.15) is 0 Å². The van der Waals surface area contributed by atoms with Crippen molar-refractivity contribution >= 4 is 34.2 Å². The second-order valence-electron chi connectivity index (χ2n) is 7.89. The quantitative estimate of drug-likeness (QED) is 0.577. The van der Waals surface area contributed by atoms with Gasteiger partial charge in [0.25, 0.3) is 0 Å². The van der Waals surface area contributed by atoms with E-state index in [-0.39, 0.29) is 18.0 Å². The standard InChI is InChI=1S/C24H26N4O2/c1-15-20-9-6-10-22(21(20)14-23(25-15)26-16(2)29)28-24(30)27-19-12-11-18(13-19)17-7-4-3-5-8-17/h3-10,14,18-19H,11-13H2,1-2H3,(H,25,26,29)(H2,27,28,30)/t18-,19+/m0/s1. The van der Waals surface area contributed by atoms with E-state index >= 15 is 0 Å². The summed E-state index contributed by atoms with van der Waals surface area (Å²) >= 11 is 0. The zero-order valence-corrected chi connectivity index (χ0v) is 17.2. The monoisotopic (exact) mass is 402 g/mol. The van der Waals surface area contributed by atoms with Crippen LogP contribution in [0.5, 0.6) is 0 Å². The highest BCUT2D eigenvalue weighted by Gasteiger charge is 2.27. The second-order valence-corrected chi connectivity index (χ2v) is 7.89. The molecular weight excluding hydrogens is 376 g/mol. The topological polar surface area (TPSA) is 83.1 Å². The lowest BCUT2D eigenvalue weighted by molar-refractivity contribution is -0.114. The first kappa shape index (κ1) is 19.9. The van der Waals surface area contributed by atoms with Crippen LogP contribution in [0.2, 0.25) is 0 Å². The molecule has 6 nitrogen and oxygen atoms in total. The molecule has 1 fully saturated rings. The van der Waals surface area contributed by atoms with Crippen LogP contribution in [0.15, 0.2) is 54.6 Å². The Kier molecular flexibility index (Phi) is 5.65. The van der Waals surface area contributed by atoms with E-state index in [2.05, 4.69) is 45.2 Å². The van der Waals surface area contributed by atoms with E-state index in [1.54, 1.807) is 6.07 Å². The molecule has 3 N–H and O–H groups in total. The Hall–Kier alpha value is -3.41. The number of rotatable bonds is 4. The van der Waals surface area contributed by atoms with Crippen LogP contribution in [0.1, 0.15) is 43.4 Å². The van der Waals surface area contributed by atoms with Gasteiger partial charge in [0.05, 0.1) is 5.69 Å². The van der Waals surface area contributed by atoms with Gasteiger partial charge in [-0.3, -0.25) is 4.79 Å². The number of hydrogen-bond donors (Lipinski definition) is 3. The molecule has 0 radical (unpaired) electrons. The third-order valence-electron chi connectivity index (χ3n) is 5.66. The van der Waals surface area contributed by atoms with Gasteiger partial charge >= 0.3 is 6.03 Å². The number of nitrogens with one attached hydrogen (secondary N) is 3. The maximum atomic E-state index is 12.7. The molecule has 2 aromatic carbocycles. The van der Waals surface area contributed by atoms with Crippen LogP contribution in [0.4, 0.5) is 16.3 Å². The molecule has 0 bridgehead atoms. The maximum absolute atomic E-state index is 12.7. The second kappa shape index (κ2) is 8.53. The third kappa shape index (κ3) is 4.43. The minimum absolute atomic E-state index is 0.156. The first-order valence-electron chi connectivity index (χ1n) is 10.3. The zero-order valence-electron chi connectivity index (χ0n) is 17.2. The molecule has 2 atom stereocenters. The van der Waals surface area contributed by atoms with Gasteiger partial charge in [-0.05, 0) is 49.8 Å². The highest BCUT2D eigenvalue weighted by atomic mass is 16.2. The van der Waals surface area contributed by atoms with Gasteiger partial charge in [0, 0.05) is 29.4 Å². The van der Waals surface area contributed by atoms with Gasteiger partial charge in [0.15, 0.2) is 0 Å². The fourth-order valence-corrected chi connectivity index (χ4v) is 4.28. The van der Waals surface area contributed by atoms with E-state index in [0.29, 0.717) is 17.4 Å². The van der Waals surface area contributed by atoms with Crippen molar-refractivity contribution < 1.29 is 9.59 Å².